The lowest BCUT2D eigenvalue weighted by atomic mass is 10.0. The summed E-state index contributed by atoms with van der Waals surface area (Å²) in [6.45, 7) is 5.67. The lowest BCUT2D eigenvalue weighted by Gasteiger charge is -2.34. The molecule has 7 nitrogen and oxygen atoms in total. The van der Waals surface area contributed by atoms with Gasteiger partial charge in [0.1, 0.15) is 12.6 Å². The van der Waals surface area contributed by atoms with Gasteiger partial charge in [-0.3, -0.25) is 13.9 Å². The number of rotatable bonds is 13. The summed E-state index contributed by atoms with van der Waals surface area (Å²) < 4.78 is 29.3. The normalized spacial score (nSPS) is 11.9. The number of hydrogen-bond acceptors (Lipinski definition) is 4. The van der Waals surface area contributed by atoms with E-state index in [2.05, 4.69) is 5.32 Å². The molecule has 9 heteroatoms. The summed E-state index contributed by atoms with van der Waals surface area (Å²) in [5.74, 6) is -0.814. The van der Waals surface area contributed by atoms with E-state index in [1.165, 1.54) is 17.0 Å². The molecular weight excluding hydrogens is 594 g/mol. The molecule has 0 heterocycles. The van der Waals surface area contributed by atoms with Crippen LogP contribution in [0.15, 0.2) is 108 Å². The first-order valence-electron chi connectivity index (χ1n) is 14.6. The smallest absolute Gasteiger partial charge is 0.264 e. The van der Waals surface area contributed by atoms with Gasteiger partial charge in [-0.2, -0.15) is 0 Å². The number of nitrogens with zero attached hydrogens (tertiary/aromatic N) is 2. The molecule has 0 aromatic heterocycles. The number of aryl methyl sites for hydroxylation is 1. The van der Waals surface area contributed by atoms with E-state index in [0.29, 0.717) is 22.8 Å². The molecule has 4 aromatic carbocycles. The zero-order valence-corrected chi connectivity index (χ0v) is 26.8. The van der Waals surface area contributed by atoms with E-state index in [9.17, 15) is 18.0 Å². The second kappa shape index (κ2) is 15.0. The fourth-order valence-electron chi connectivity index (χ4n) is 5.03. The van der Waals surface area contributed by atoms with E-state index in [-0.39, 0.29) is 23.8 Å². The van der Waals surface area contributed by atoms with E-state index in [4.69, 9.17) is 11.6 Å². The Bertz CT molecular complexity index is 1680. The van der Waals surface area contributed by atoms with Gasteiger partial charge in [-0.05, 0) is 61.2 Å². The molecule has 0 spiro atoms. The van der Waals surface area contributed by atoms with Crippen LogP contribution in [-0.2, 0) is 32.6 Å². The Kier molecular flexibility index (Phi) is 11.2. The SMILES string of the molecule is CCCNC(=O)[C@@H](Cc1ccccc1)N(Cc1cccc(C)c1)C(=O)CN(c1cccc(Cl)c1C)S(=O)(=O)c1ccccc1. The summed E-state index contributed by atoms with van der Waals surface area (Å²) in [6, 6.07) is 29.3. The zero-order valence-electron chi connectivity index (χ0n) is 25.2. The van der Waals surface area contributed by atoms with Gasteiger partial charge in [-0.25, -0.2) is 8.42 Å². The number of halogens is 1. The molecule has 0 aliphatic heterocycles. The monoisotopic (exact) mass is 631 g/mol. The number of carbonyl (C=O) groups is 2. The molecular formula is C35H38ClN3O4S. The number of nitrogens with one attached hydrogen (secondary N) is 1. The van der Waals surface area contributed by atoms with Gasteiger partial charge in [0.2, 0.25) is 11.8 Å². The third kappa shape index (κ3) is 8.07. The van der Waals surface area contributed by atoms with Crippen molar-refractivity contribution in [2.45, 2.75) is 51.1 Å². The highest BCUT2D eigenvalue weighted by atomic mass is 35.5. The van der Waals surface area contributed by atoms with Gasteiger partial charge in [0.15, 0.2) is 0 Å². The number of carbonyl (C=O) groups excluding carboxylic acids is 2. The van der Waals surface area contributed by atoms with Crippen LogP contribution in [0, 0.1) is 13.8 Å². The Morgan fingerprint density at radius 3 is 2.14 bits per heavy atom. The Morgan fingerprint density at radius 2 is 1.48 bits per heavy atom. The van der Waals surface area contributed by atoms with Crippen molar-refractivity contribution in [3.63, 3.8) is 0 Å². The fourth-order valence-corrected chi connectivity index (χ4v) is 6.69. The van der Waals surface area contributed by atoms with Gasteiger partial charge in [-0.15, -0.1) is 0 Å². The van der Waals surface area contributed by atoms with Crippen LogP contribution in [-0.4, -0.2) is 44.3 Å². The second-order valence-corrected chi connectivity index (χ2v) is 13.0. The third-order valence-corrected chi connectivity index (χ3v) is 9.56. The highest BCUT2D eigenvalue weighted by Crippen LogP contribution is 2.31. The first-order chi connectivity index (χ1) is 21.1. The van der Waals surface area contributed by atoms with Crippen LogP contribution in [0.1, 0.15) is 35.6 Å². The van der Waals surface area contributed by atoms with Gasteiger partial charge in [0.05, 0.1) is 10.6 Å². The molecule has 4 rings (SSSR count). The highest BCUT2D eigenvalue weighted by Gasteiger charge is 2.35. The summed E-state index contributed by atoms with van der Waals surface area (Å²) in [5.41, 5.74) is 3.53. The van der Waals surface area contributed by atoms with E-state index < -0.39 is 28.5 Å². The third-order valence-electron chi connectivity index (χ3n) is 7.37. The maximum absolute atomic E-state index is 14.5. The van der Waals surface area contributed by atoms with Gasteiger partial charge in [0, 0.05) is 24.5 Å². The molecule has 0 aliphatic rings. The predicted octanol–water partition coefficient (Wildman–Crippen LogP) is 6.32. The minimum absolute atomic E-state index is 0.0407. The van der Waals surface area contributed by atoms with Crippen LogP contribution in [0.2, 0.25) is 5.02 Å². The lowest BCUT2D eigenvalue weighted by molar-refractivity contribution is -0.140. The Hall–Kier alpha value is -4.14. The molecule has 0 saturated carbocycles. The molecule has 1 atom stereocenters. The lowest BCUT2D eigenvalue weighted by Crippen LogP contribution is -2.53. The average Bonchev–Trinajstić information content (AvgIpc) is 3.02. The summed E-state index contributed by atoms with van der Waals surface area (Å²) in [7, 11) is -4.19. The maximum atomic E-state index is 14.5. The Labute approximate surface area is 265 Å². The summed E-state index contributed by atoms with van der Waals surface area (Å²) in [5, 5.41) is 3.34. The predicted molar refractivity (Wildman–Crippen MR) is 176 cm³/mol. The van der Waals surface area contributed by atoms with Crippen LogP contribution >= 0.6 is 11.6 Å². The fraction of sp³-hybridized carbons (Fsp3) is 0.257. The Morgan fingerprint density at radius 1 is 0.841 bits per heavy atom. The largest absolute Gasteiger partial charge is 0.354 e. The van der Waals surface area contributed by atoms with Crippen LogP contribution in [0.5, 0.6) is 0 Å². The van der Waals surface area contributed by atoms with E-state index in [1.807, 2.05) is 68.4 Å². The molecule has 0 bridgehead atoms. The first-order valence-corrected chi connectivity index (χ1v) is 16.4. The number of hydrogen-bond donors (Lipinski definition) is 1. The summed E-state index contributed by atoms with van der Waals surface area (Å²) in [4.78, 5) is 29.8. The maximum Gasteiger partial charge on any atom is 0.264 e. The van der Waals surface area contributed by atoms with Crippen molar-refractivity contribution in [2.75, 3.05) is 17.4 Å². The molecule has 4 aromatic rings. The van der Waals surface area contributed by atoms with Crippen LogP contribution < -0.4 is 9.62 Å². The van der Waals surface area contributed by atoms with Crippen LogP contribution in [0.3, 0.4) is 0 Å². The van der Waals surface area contributed by atoms with Crippen molar-refractivity contribution in [3.05, 3.63) is 130 Å². The first kappa shape index (κ1) is 32.8. The average molecular weight is 632 g/mol. The van der Waals surface area contributed by atoms with Crippen molar-refractivity contribution < 1.29 is 18.0 Å². The van der Waals surface area contributed by atoms with Gasteiger partial charge < -0.3 is 10.2 Å². The van der Waals surface area contributed by atoms with Crippen molar-refractivity contribution in [2.24, 2.45) is 0 Å². The number of sulfonamides is 1. The van der Waals surface area contributed by atoms with Gasteiger partial charge in [0.25, 0.3) is 10.0 Å². The topological polar surface area (TPSA) is 86.8 Å². The number of amides is 2. The van der Waals surface area contributed by atoms with Crippen molar-refractivity contribution >= 4 is 39.1 Å². The highest BCUT2D eigenvalue weighted by molar-refractivity contribution is 7.92. The van der Waals surface area contributed by atoms with E-state index >= 15 is 0 Å². The van der Waals surface area contributed by atoms with Gasteiger partial charge >= 0.3 is 0 Å². The number of benzene rings is 4. The molecule has 0 aliphatic carbocycles. The van der Waals surface area contributed by atoms with Crippen LogP contribution in [0.4, 0.5) is 5.69 Å². The second-order valence-electron chi connectivity index (χ2n) is 10.7. The van der Waals surface area contributed by atoms with E-state index in [0.717, 1.165) is 27.4 Å². The minimum atomic E-state index is -4.19. The minimum Gasteiger partial charge on any atom is -0.354 e. The molecule has 1 N–H and O–H groups in total. The quantitative estimate of drug-likeness (QED) is 0.187. The molecule has 0 saturated heterocycles. The van der Waals surface area contributed by atoms with Crippen molar-refractivity contribution in [3.8, 4) is 0 Å². The van der Waals surface area contributed by atoms with E-state index in [1.54, 1.807) is 43.3 Å². The molecule has 0 unspecified atom stereocenters. The zero-order chi connectivity index (χ0) is 31.7. The van der Waals surface area contributed by atoms with Gasteiger partial charge in [-0.1, -0.05) is 103 Å². The summed E-state index contributed by atoms with van der Waals surface area (Å²) >= 11 is 6.44. The molecule has 2 amide bonds. The van der Waals surface area contributed by atoms with Crippen molar-refractivity contribution in [1.82, 2.24) is 10.2 Å². The van der Waals surface area contributed by atoms with Crippen LogP contribution in [0.25, 0.3) is 0 Å². The molecule has 0 fully saturated rings. The molecule has 44 heavy (non-hydrogen) atoms. The number of anilines is 1. The summed E-state index contributed by atoms with van der Waals surface area (Å²) in [6.07, 6.45) is 0.988. The Balaban J connectivity index is 1.82. The molecule has 0 radical (unpaired) electrons. The standard InChI is InChI=1S/C35H38ClN3O4S/c1-4-21-37-35(41)33(23-28-14-7-5-8-15-28)38(24-29-16-11-13-26(2)22-29)34(40)25-39(32-20-12-19-31(36)27(32)3)44(42,43)30-17-9-6-10-18-30/h5-20,22,33H,4,21,23-25H2,1-3H3,(H,37,41)/t33-/m1/s1. The molecule has 230 valence electrons. The van der Waals surface area contributed by atoms with Crippen molar-refractivity contribution in [1.29, 1.82) is 0 Å².